The molecule has 0 heterocycles. The summed E-state index contributed by atoms with van der Waals surface area (Å²) in [6, 6.07) is 0.0104. The van der Waals surface area contributed by atoms with Crippen LogP contribution in [0.25, 0.3) is 0 Å². The molecule has 1 aliphatic rings. The van der Waals surface area contributed by atoms with Crippen LogP contribution in [-0.2, 0) is 9.59 Å². The number of carbonyl (C=O) groups is 2. The molecule has 92 valence electrons. The zero-order valence-corrected chi connectivity index (χ0v) is 10.4. The standard InChI is InChI=1S/C12H22N2O2/c1-4-9-6-5-7-10(12(16)13-3)11(9)14-8(2)15/h9-11H,4-7H2,1-3H3,(H,13,16)(H,14,15). The molecule has 0 bridgehead atoms. The smallest absolute Gasteiger partial charge is 0.224 e. The van der Waals surface area contributed by atoms with E-state index in [9.17, 15) is 9.59 Å². The van der Waals surface area contributed by atoms with E-state index < -0.39 is 0 Å². The Morgan fingerprint density at radius 1 is 1.31 bits per heavy atom. The Labute approximate surface area is 97.2 Å². The minimum Gasteiger partial charge on any atom is -0.359 e. The normalized spacial score (nSPS) is 29.6. The van der Waals surface area contributed by atoms with E-state index in [1.807, 2.05) is 0 Å². The van der Waals surface area contributed by atoms with Crippen LogP contribution in [0.3, 0.4) is 0 Å². The van der Waals surface area contributed by atoms with Gasteiger partial charge in [0.05, 0.1) is 5.92 Å². The summed E-state index contributed by atoms with van der Waals surface area (Å²) in [5, 5.41) is 5.64. The fourth-order valence-electron chi connectivity index (χ4n) is 2.68. The molecule has 0 spiro atoms. The zero-order valence-electron chi connectivity index (χ0n) is 10.4. The fraction of sp³-hybridized carbons (Fsp3) is 0.833. The summed E-state index contributed by atoms with van der Waals surface area (Å²) < 4.78 is 0. The third-order valence-electron chi connectivity index (χ3n) is 3.51. The molecular formula is C12H22N2O2. The first kappa shape index (κ1) is 13.0. The van der Waals surface area contributed by atoms with Gasteiger partial charge in [-0.1, -0.05) is 19.8 Å². The Morgan fingerprint density at radius 3 is 2.50 bits per heavy atom. The highest BCUT2D eigenvalue weighted by Gasteiger charge is 2.36. The van der Waals surface area contributed by atoms with Crippen LogP contribution >= 0.6 is 0 Å². The first-order valence-electron chi connectivity index (χ1n) is 6.08. The monoisotopic (exact) mass is 226 g/mol. The second kappa shape index (κ2) is 5.87. The molecule has 0 aliphatic heterocycles. The van der Waals surface area contributed by atoms with Gasteiger partial charge in [-0.2, -0.15) is 0 Å². The molecule has 0 saturated heterocycles. The molecule has 1 saturated carbocycles. The van der Waals surface area contributed by atoms with Gasteiger partial charge in [0.2, 0.25) is 11.8 Å². The molecule has 1 aliphatic carbocycles. The van der Waals surface area contributed by atoms with Crippen molar-refractivity contribution < 1.29 is 9.59 Å². The maximum Gasteiger partial charge on any atom is 0.224 e. The molecule has 0 aromatic carbocycles. The van der Waals surface area contributed by atoms with Gasteiger partial charge in [-0.15, -0.1) is 0 Å². The van der Waals surface area contributed by atoms with Gasteiger partial charge in [0.1, 0.15) is 0 Å². The van der Waals surface area contributed by atoms with E-state index in [0.29, 0.717) is 5.92 Å². The highest BCUT2D eigenvalue weighted by molar-refractivity contribution is 5.81. The van der Waals surface area contributed by atoms with E-state index in [1.165, 1.54) is 6.92 Å². The van der Waals surface area contributed by atoms with Crippen molar-refractivity contribution in [3.8, 4) is 0 Å². The average Bonchev–Trinajstić information content (AvgIpc) is 2.27. The van der Waals surface area contributed by atoms with Gasteiger partial charge in [-0.05, 0) is 18.8 Å². The molecule has 4 heteroatoms. The lowest BCUT2D eigenvalue weighted by Crippen LogP contribution is -2.51. The maximum atomic E-state index is 11.8. The second-order valence-electron chi connectivity index (χ2n) is 4.55. The highest BCUT2D eigenvalue weighted by Crippen LogP contribution is 2.31. The molecule has 0 aromatic rings. The second-order valence-corrected chi connectivity index (χ2v) is 4.55. The minimum atomic E-state index is -0.0624. The number of rotatable bonds is 3. The number of amides is 2. The van der Waals surface area contributed by atoms with Crippen LogP contribution in [0.1, 0.15) is 39.5 Å². The lowest BCUT2D eigenvalue weighted by atomic mass is 9.75. The van der Waals surface area contributed by atoms with Crippen LogP contribution in [0, 0.1) is 11.8 Å². The van der Waals surface area contributed by atoms with Crippen molar-refractivity contribution in [1.82, 2.24) is 10.6 Å². The number of nitrogens with one attached hydrogen (secondary N) is 2. The average molecular weight is 226 g/mol. The van der Waals surface area contributed by atoms with Gasteiger partial charge in [0.25, 0.3) is 0 Å². The topological polar surface area (TPSA) is 58.2 Å². The van der Waals surface area contributed by atoms with Crippen LogP contribution in [0.2, 0.25) is 0 Å². The fourth-order valence-corrected chi connectivity index (χ4v) is 2.68. The highest BCUT2D eigenvalue weighted by atomic mass is 16.2. The predicted molar refractivity (Wildman–Crippen MR) is 62.8 cm³/mol. The first-order chi connectivity index (χ1) is 7.60. The van der Waals surface area contributed by atoms with Crippen molar-refractivity contribution >= 4 is 11.8 Å². The Morgan fingerprint density at radius 2 is 2.00 bits per heavy atom. The summed E-state index contributed by atoms with van der Waals surface area (Å²) in [6.07, 6.45) is 4.07. The molecule has 1 fully saturated rings. The van der Waals surface area contributed by atoms with Gasteiger partial charge < -0.3 is 10.6 Å². The molecule has 2 amide bonds. The van der Waals surface area contributed by atoms with E-state index in [0.717, 1.165) is 25.7 Å². The molecule has 2 N–H and O–H groups in total. The van der Waals surface area contributed by atoms with Gasteiger partial charge in [0.15, 0.2) is 0 Å². The largest absolute Gasteiger partial charge is 0.359 e. The molecule has 16 heavy (non-hydrogen) atoms. The van der Waals surface area contributed by atoms with Crippen LogP contribution in [0.5, 0.6) is 0 Å². The molecule has 4 nitrogen and oxygen atoms in total. The van der Waals surface area contributed by atoms with Gasteiger partial charge >= 0.3 is 0 Å². The van der Waals surface area contributed by atoms with Crippen LogP contribution < -0.4 is 10.6 Å². The third-order valence-corrected chi connectivity index (χ3v) is 3.51. The van der Waals surface area contributed by atoms with Crippen LogP contribution in [0.4, 0.5) is 0 Å². The summed E-state index contributed by atoms with van der Waals surface area (Å²) in [7, 11) is 1.66. The number of carbonyl (C=O) groups excluding carboxylic acids is 2. The Hall–Kier alpha value is -1.06. The van der Waals surface area contributed by atoms with Crippen LogP contribution in [-0.4, -0.2) is 24.9 Å². The van der Waals surface area contributed by atoms with Crippen molar-refractivity contribution in [3.63, 3.8) is 0 Å². The lowest BCUT2D eigenvalue weighted by Gasteiger charge is -2.37. The molecule has 3 unspecified atom stereocenters. The quantitative estimate of drug-likeness (QED) is 0.756. The van der Waals surface area contributed by atoms with Crippen molar-refractivity contribution in [2.45, 2.75) is 45.6 Å². The third kappa shape index (κ3) is 2.97. The number of hydrogen-bond donors (Lipinski definition) is 2. The Balaban J connectivity index is 2.78. The predicted octanol–water partition coefficient (Wildman–Crippen LogP) is 1.06. The SMILES string of the molecule is CCC1CCCC(C(=O)NC)C1NC(C)=O. The molecule has 1 rings (SSSR count). The summed E-state index contributed by atoms with van der Waals surface area (Å²) >= 11 is 0. The van der Waals surface area contributed by atoms with Crippen molar-refractivity contribution in [3.05, 3.63) is 0 Å². The Bertz CT molecular complexity index is 266. The first-order valence-corrected chi connectivity index (χ1v) is 6.08. The maximum absolute atomic E-state index is 11.8. The molecular weight excluding hydrogens is 204 g/mol. The van der Waals surface area contributed by atoms with Crippen molar-refractivity contribution in [1.29, 1.82) is 0 Å². The van der Waals surface area contributed by atoms with Crippen LogP contribution in [0.15, 0.2) is 0 Å². The van der Waals surface area contributed by atoms with Gasteiger partial charge in [0, 0.05) is 20.0 Å². The Kier molecular flexibility index (Phi) is 4.77. The number of hydrogen-bond acceptors (Lipinski definition) is 2. The van der Waals surface area contributed by atoms with Gasteiger partial charge in [-0.3, -0.25) is 9.59 Å². The van der Waals surface area contributed by atoms with Crippen molar-refractivity contribution in [2.24, 2.45) is 11.8 Å². The van der Waals surface area contributed by atoms with E-state index in [4.69, 9.17) is 0 Å². The van der Waals surface area contributed by atoms with E-state index in [1.54, 1.807) is 7.05 Å². The molecule has 0 radical (unpaired) electrons. The molecule has 0 aromatic heterocycles. The lowest BCUT2D eigenvalue weighted by molar-refractivity contribution is -0.128. The van der Waals surface area contributed by atoms with Gasteiger partial charge in [-0.25, -0.2) is 0 Å². The summed E-state index contributed by atoms with van der Waals surface area (Å²) in [6.45, 7) is 3.63. The minimum absolute atomic E-state index is 0.0104. The van der Waals surface area contributed by atoms with E-state index >= 15 is 0 Å². The molecule has 3 atom stereocenters. The summed E-state index contributed by atoms with van der Waals surface area (Å²) in [5.74, 6) is 0.378. The summed E-state index contributed by atoms with van der Waals surface area (Å²) in [5.41, 5.74) is 0. The van der Waals surface area contributed by atoms with E-state index in [2.05, 4.69) is 17.6 Å². The van der Waals surface area contributed by atoms with Crippen molar-refractivity contribution in [2.75, 3.05) is 7.05 Å². The zero-order chi connectivity index (χ0) is 12.1. The van der Waals surface area contributed by atoms with E-state index in [-0.39, 0.29) is 23.8 Å². The summed E-state index contributed by atoms with van der Waals surface area (Å²) in [4.78, 5) is 22.9.